The second kappa shape index (κ2) is 8.91. The van der Waals surface area contributed by atoms with Crippen molar-refractivity contribution < 1.29 is 23.9 Å². The van der Waals surface area contributed by atoms with E-state index in [1.807, 2.05) is 6.26 Å². The fraction of sp³-hybridized carbons (Fsp3) is 0.238. The first-order valence-electron chi connectivity index (χ1n) is 8.93. The molecule has 0 saturated carbocycles. The molecule has 0 radical (unpaired) electrons. The first-order valence-corrected chi connectivity index (χ1v) is 10.3. The van der Waals surface area contributed by atoms with Crippen molar-refractivity contribution in [2.45, 2.75) is 12.5 Å². The van der Waals surface area contributed by atoms with Gasteiger partial charge in [0, 0.05) is 27.9 Å². The number of nitrogens with one attached hydrogen (secondary N) is 2. The summed E-state index contributed by atoms with van der Waals surface area (Å²) in [6, 6.07) is 9.81. The number of esters is 1. The number of ether oxygens (including phenoxy) is 1. The predicted molar refractivity (Wildman–Crippen MR) is 111 cm³/mol. The van der Waals surface area contributed by atoms with Crippen molar-refractivity contribution in [1.29, 1.82) is 0 Å². The van der Waals surface area contributed by atoms with E-state index >= 15 is 0 Å². The maximum absolute atomic E-state index is 12.8. The van der Waals surface area contributed by atoms with Crippen LogP contribution in [0.2, 0.25) is 0 Å². The number of hydrogen-bond donors (Lipinski definition) is 2. The highest BCUT2D eigenvalue weighted by Crippen LogP contribution is 2.29. The van der Waals surface area contributed by atoms with Crippen molar-refractivity contribution in [3.8, 4) is 0 Å². The highest BCUT2D eigenvalue weighted by molar-refractivity contribution is 7.98. The normalized spacial score (nSPS) is 13.2. The molecule has 1 unspecified atom stereocenters. The van der Waals surface area contributed by atoms with E-state index in [0.29, 0.717) is 34.6 Å². The van der Waals surface area contributed by atoms with Crippen molar-refractivity contribution >= 4 is 41.0 Å². The van der Waals surface area contributed by atoms with Gasteiger partial charge in [0.15, 0.2) is 11.6 Å². The molecule has 0 bridgehead atoms. The van der Waals surface area contributed by atoms with Gasteiger partial charge in [-0.3, -0.25) is 9.59 Å². The van der Waals surface area contributed by atoms with Gasteiger partial charge in [-0.2, -0.15) is 11.8 Å². The van der Waals surface area contributed by atoms with Gasteiger partial charge in [-0.05, 0) is 36.6 Å². The molecule has 0 saturated heterocycles. The number of rotatable bonds is 6. The number of anilines is 1. The number of methoxy groups -OCH3 is 1. The van der Waals surface area contributed by atoms with Gasteiger partial charge in [-0.15, -0.1) is 0 Å². The molecule has 0 aromatic heterocycles. The van der Waals surface area contributed by atoms with Gasteiger partial charge < -0.3 is 15.4 Å². The number of hydrogen-bond acceptors (Lipinski definition) is 6. The monoisotopic (exact) mass is 412 g/mol. The summed E-state index contributed by atoms with van der Waals surface area (Å²) in [7, 11) is 1.26. The smallest absolute Gasteiger partial charge is 0.328 e. The van der Waals surface area contributed by atoms with E-state index in [2.05, 4.69) is 10.6 Å². The van der Waals surface area contributed by atoms with Crippen LogP contribution in [-0.2, 0) is 9.53 Å². The molecule has 3 rings (SSSR count). The van der Waals surface area contributed by atoms with Crippen LogP contribution in [0.5, 0.6) is 0 Å². The molecule has 2 amide bonds. The molecule has 2 aromatic carbocycles. The van der Waals surface area contributed by atoms with Crippen LogP contribution in [-0.4, -0.2) is 48.7 Å². The van der Waals surface area contributed by atoms with Gasteiger partial charge in [0.1, 0.15) is 6.04 Å². The molecular formula is C21H20N2O5S. The number of fused-ring (bicyclic) bond motifs is 2. The molecule has 0 aliphatic heterocycles. The molecule has 8 heteroatoms. The van der Waals surface area contributed by atoms with E-state index in [4.69, 9.17) is 4.74 Å². The zero-order chi connectivity index (χ0) is 21.0. The van der Waals surface area contributed by atoms with Gasteiger partial charge >= 0.3 is 12.0 Å². The summed E-state index contributed by atoms with van der Waals surface area (Å²) in [6.45, 7) is 0. The number of carbonyl (C=O) groups is 4. The first-order chi connectivity index (χ1) is 14.0. The third-order valence-corrected chi connectivity index (χ3v) is 5.23. The van der Waals surface area contributed by atoms with Gasteiger partial charge in [-0.25, -0.2) is 9.59 Å². The van der Waals surface area contributed by atoms with Crippen LogP contribution in [0.1, 0.15) is 38.3 Å². The van der Waals surface area contributed by atoms with E-state index in [0.717, 1.165) is 0 Å². The van der Waals surface area contributed by atoms with Crippen LogP contribution in [0, 0.1) is 0 Å². The van der Waals surface area contributed by atoms with Crippen LogP contribution < -0.4 is 10.6 Å². The van der Waals surface area contributed by atoms with Crippen LogP contribution in [0.15, 0.2) is 42.5 Å². The highest BCUT2D eigenvalue weighted by Gasteiger charge is 2.29. The molecule has 150 valence electrons. The molecule has 1 atom stereocenters. The topological polar surface area (TPSA) is 102 Å². The Morgan fingerprint density at radius 1 is 1.00 bits per heavy atom. The van der Waals surface area contributed by atoms with Crippen LogP contribution in [0.4, 0.5) is 10.5 Å². The molecule has 2 aromatic rings. The van der Waals surface area contributed by atoms with E-state index in [1.54, 1.807) is 42.1 Å². The third-order valence-electron chi connectivity index (χ3n) is 4.58. The fourth-order valence-electron chi connectivity index (χ4n) is 3.13. The molecule has 29 heavy (non-hydrogen) atoms. The lowest BCUT2D eigenvalue weighted by atomic mass is 9.84. The van der Waals surface area contributed by atoms with E-state index in [-0.39, 0.29) is 17.1 Å². The summed E-state index contributed by atoms with van der Waals surface area (Å²) in [5.74, 6) is -0.354. The molecule has 0 fully saturated rings. The zero-order valence-electron chi connectivity index (χ0n) is 16.0. The van der Waals surface area contributed by atoms with Crippen molar-refractivity contribution in [2.24, 2.45) is 0 Å². The Morgan fingerprint density at radius 3 is 2.24 bits per heavy atom. The SMILES string of the molecule is COC(=O)C(CCSC)NC(=O)Nc1ccc2c(c1)C(=O)c1ccccc1C2=O. The highest BCUT2D eigenvalue weighted by atomic mass is 32.2. The standard InChI is InChI=1S/C21H20N2O5S/c1-28-20(26)17(9-10-29-2)23-21(27)22-12-7-8-15-16(11-12)19(25)14-6-4-3-5-13(14)18(15)24/h3-8,11,17H,9-10H2,1-2H3,(H2,22,23,27). The van der Waals surface area contributed by atoms with Crippen molar-refractivity contribution in [2.75, 3.05) is 24.4 Å². The van der Waals surface area contributed by atoms with Gasteiger partial charge in [0.05, 0.1) is 7.11 Å². The molecule has 0 spiro atoms. The lowest BCUT2D eigenvalue weighted by Crippen LogP contribution is -2.44. The van der Waals surface area contributed by atoms with Crippen molar-refractivity contribution in [3.63, 3.8) is 0 Å². The summed E-state index contributed by atoms with van der Waals surface area (Å²) in [4.78, 5) is 49.6. The summed E-state index contributed by atoms with van der Waals surface area (Å²) < 4.78 is 4.72. The van der Waals surface area contributed by atoms with E-state index in [9.17, 15) is 19.2 Å². The fourth-order valence-corrected chi connectivity index (χ4v) is 3.60. The van der Waals surface area contributed by atoms with Crippen LogP contribution in [0.3, 0.4) is 0 Å². The van der Waals surface area contributed by atoms with Crippen LogP contribution in [0.25, 0.3) is 0 Å². The minimum absolute atomic E-state index is 0.228. The Labute approximate surface area is 172 Å². The molecule has 0 heterocycles. The van der Waals surface area contributed by atoms with Gasteiger partial charge in [0.25, 0.3) is 0 Å². The Morgan fingerprint density at radius 2 is 1.62 bits per heavy atom. The predicted octanol–water partition coefficient (Wildman–Crippen LogP) is 2.88. The third kappa shape index (κ3) is 4.32. The van der Waals surface area contributed by atoms with Crippen LogP contribution >= 0.6 is 11.8 Å². The number of thioether (sulfide) groups is 1. The summed E-state index contributed by atoms with van der Waals surface area (Å²) >= 11 is 1.55. The van der Waals surface area contributed by atoms with Crippen molar-refractivity contribution in [3.05, 3.63) is 64.7 Å². The Balaban J connectivity index is 1.78. The number of urea groups is 1. The number of carbonyl (C=O) groups excluding carboxylic acids is 4. The minimum atomic E-state index is -0.778. The Bertz CT molecular complexity index is 989. The lowest BCUT2D eigenvalue weighted by Gasteiger charge is -2.19. The minimum Gasteiger partial charge on any atom is -0.467 e. The maximum Gasteiger partial charge on any atom is 0.328 e. The maximum atomic E-state index is 12.8. The molecule has 1 aliphatic rings. The summed E-state index contributed by atoms with van der Waals surface area (Å²) in [5, 5.41) is 5.19. The second-order valence-electron chi connectivity index (χ2n) is 6.42. The largest absolute Gasteiger partial charge is 0.467 e. The average Bonchev–Trinajstić information content (AvgIpc) is 2.74. The van der Waals surface area contributed by atoms with E-state index in [1.165, 1.54) is 19.2 Å². The number of ketones is 2. The molecule has 1 aliphatic carbocycles. The van der Waals surface area contributed by atoms with E-state index < -0.39 is 18.0 Å². The zero-order valence-corrected chi connectivity index (χ0v) is 16.8. The molecule has 7 nitrogen and oxygen atoms in total. The van der Waals surface area contributed by atoms with Gasteiger partial charge in [0.2, 0.25) is 0 Å². The first kappa shape index (κ1) is 20.6. The number of amides is 2. The number of benzene rings is 2. The Kier molecular flexibility index (Phi) is 6.33. The summed E-state index contributed by atoms with van der Waals surface area (Å²) in [5.41, 5.74) is 1.59. The van der Waals surface area contributed by atoms with Crippen molar-refractivity contribution in [1.82, 2.24) is 5.32 Å². The second-order valence-corrected chi connectivity index (χ2v) is 7.41. The quantitative estimate of drug-likeness (QED) is 0.604. The Hall–Kier alpha value is -3.13. The summed E-state index contributed by atoms with van der Waals surface area (Å²) in [6.07, 6.45) is 2.33. The van der Waals surface area contributed by atoms with Gasteiger partial charge in [-0.1, -0.05) is 24.3 Å². The average molecular weight is 412 g/mol. The molecule has 2 N–H and O–H groups in total. The molecular weight excluding hydrogens is 392 g/mol. The lowest BCUT2D eigenvalue weighted by molar-refractivity contribution is -0.142.